The van der Waals surface area contributed by atoms with Crippen LogP contribution in [-0.4, -0.2) is 62.2 Å². The van der Waals surface area contributed by atoms with Gasteiger partial charge in [-0.15, -0.1) is 0 Å². The largest absolute Gasteiger partial charge is 0.495 e. The van der Waals surface area contributed by atoms with Crippen molar-refractivity contribution in [1.29, 1.82) is 0 Å². The Morgan fingerprint density at radius 1 is 1.07 bits per heavy atom. The fraction of sp³-hybridized carbons (Fsp3) is 0.242. The fourth-order valence-electron chi connectivity index (χ4n) is 5.84. The number of fused-ring (bicyclic) bond motifs is 2. The van der Waals surface area contributed by atoms with Gasteiger partial charge in [-0.1, -0.05) is 6.58 Å². The molecule has 5 aromatic rings. The van der Waals surface area contributed by atoms with Gasteiger partial charge in [0.15, 0.2) is 0 Å². The number of aromatic amines is 1. The van der Waals surface area contributed by atoms with Gasteiger partial charge in [-0.2, -0.15) is 5.10 Å². The smallest absolute Gasteiger partial charge is 0.245 e. The van der Waals surface area contributed by atoms with Crippen molar-refractivity contribution in [2.75, 3.05) is 35.7 Å². The normalized spacial score (nSPS) is 14.7. The summed E-state index contributed by atoms with van der Waals surface area (Å²) in [6.45, 7) is 6.25. The first-order valence-corrected chi connectivity index (χ1v) is 14.9. The zero-order valence-corrected chi connectivity index (χ0v) is 25.2. The van der Waals surface area contributed by atoms with Crippen LogP contribution in [-0.2, 0) is 17.9 Å². The Kier molecular flexibility index (Phi) is 7.79. The van der Waals surface area contributed by atoms with E-state index in [2.05, 4.69) is 47.3 Å². The van der Waals surface area contributed by atoms with Crippen molar-refractivity contribution in [3.8, 4) is 17.2 Å². The SMILES string of the molecule is C=CC(=O)N1CCC(Nc2cc3c(Nc4ccc(Oc5ccnc(N6Cc7cn[nH]c7C6)c5)cc4F)ncnc3cc2OC)CC1. The Morgan fingerprint density at radius 3 is 2.70 bits per heavy atom. The molecule has 0 bridgehead atoms. The van der Waals surface area contributed by atoms with Crippen LogP contribution in [0.15, 0.2) is 73.8 Å². The molecule has 0 spiro atoms. The molecule has 3 aromatic heterocycles. The van der Waals surface area contributed by atoms with E-state index in [1.54, 1.807) is 36.4 Å². The summed E-state index contributed by atoms with van der Waals surface area (Å²) in [5, 5.41) is 14.5. The molecule has 0 unspecified atom stereocenters. The van der Waals surface area contributed by atoms with Gasteiger partial charge in [0.1, 0.15) is 41.0 Å². The van der Waals surface area contributed by atoms with Crippen molar-refractivity contribution >= 4 is 39.8 Å². The minimum absolute atomic E-state index is 0.0557. The highest BCUT2D eigenvalue weighted by atomic mass is 19.1. The molecular formula is C33H32FN9O3. The summed E-state index contributed by atoms with van der Waals surface area (Å²) in [6.07, 6.45) is 7.83. The lowest BCUT2D eigenvalue weighted by molar-refractivity contribution is -0.126. The molecule has 0 atom stereocenters. The van der Waals surface area contributed by atoms with E-state index >= 15 is 4.39 Å². The standard InChI is InChI=1S/C33H32FN9O3/c1-3-32(44)42-10-7-21(8-11-42)39-28-14-24-27(15-30(28)45-2)36-19-37-33(24)40-26-5-4-22(12-25(26)34)46-23-6-9-35-31(13-23)43-17-20-16-38-41-29(20)18-43/h3-6,9,12-16,19,21,39H,1,7-8,10-11,17-18H2,2H3,(H,38,41)(H,36,37,40). The van der Waals surface area contributed by atoms with Crippen LogP contribution >= 0.6 is 0 Å². The molecule has 1 saturated heterocycles. The molecule has 1 fully saturated rings. The Morgan fingerprint density at radius 2 is 1.91 bits per heavy atom. The van der Waals surface area contributed by atoms with Crippen LogP contribution in [0, 0.1) is 5.82 Å². The maximum Gasteiger partial charge on any atom is 0.245 e. The average molecular weight is 622 g/mol. The van der Waals surface area contributed by atoms with Crippen molar-refractivity contribution in [2.45, 2.75) is 32.0 Å². The highest BCUT2D eigenvalue weighted by Gasteiger charge is 2.24. The molecule has 12 nitrogen and oxygen atoms in total. The summed E-state index contributed by atoms with van der Waals surface area (Å²) < 4.78 is 27.1. The number of carbonyl (C=O) groups is 1. The third-order valence-electron chi connectivity index (χ3n) is 8.29. The first-order valence-electron chi connectivity index (χ1n) is 14.9. The highest BCUT2D eigenvalue weighted by Crippen LogP contribution is 2.36. The number of rotatable bonds is 9. The first kappa shape index (κ1) is 29.0. The zero-order valence-electron chi connectivity index (χ0n) is 25.2. The van der Waals surface area contributed by atoms with Crippen LogP contribution in [0.1, 0.15) is 24.1 Å². The monoisotopic (exact) mass is 621 g/mol. The van der Waals surface area contributed by atoms with Crippen LogP contribution in [0.3, 0.4) is 0 Å². The summed E-state index contributed by atoms with van der Waals surface area (Å²) >= 11 is 0. The van der Waals surface area contributed by atoms with Crippen molar-refractivity contribution in [3.63, 3.8) is 0 Å². The van der Waals surface area contributed by atoms with Gasteiger partial charge in [-0.3, -0.25) is 9.89 Å². The van der Waals surface area contributed by atoms with E-state index in [9.17, 15) is 4.79 Å². The third-order valence-corrected chi connectivity index (χ3v) is 8.29. The Hall–Kier alpha value is -5.72. The van der Waals surface area contributed by atoms with E-state index in [4.69, 9.17) is 9.47 Å². The average Bonchev–Trinajstić information content (AvgIpc) is 3.69. The number of hydrogen-bond donors (Lipinski definition) is 3. The maximum atomic E-state index is 15.4. The van der Waals surface area contributed by atoms with Crippen LogP contribution < -0.4 is 25.0 Å². The molecule has 3 N–H and O–H groups in total. The maximum absolute atomic E-state index is 15.4. The summed E-state index contributed by atoms with van der Waals surface area (Å²) in [5.74, 6) is 2.17. The summed E-state index contributed by atoms with van der Waals surface area (Å²) in [6, 6.07) is 12.1. The molecule has 2 aliphatic rings. The number of nitrogens with one attached hydrogen (secondary N) is 3. The summed E-state index contributed by atoms with van der Waals surface area (Å²) in [5.41, 5.74) is 3.85. The molecule has 1 amide bonds. The van der Waals surface area contributed by atoms with Gasteiger partial charge < -0.3 is 29.9 Å². The Bertz CT molecular complexity index is 1900. The second-order valence-electron chi connectivity index (χ2n) is 11.2. The summed E-state index contributed by atoms with van der Waals surface area (Å²) in [7, 11) is 1.60. The number of amides is 1. The van der Waals surface area contributed by atoms with Gasteiger partial charge in [-0.05, 0) is 43.2 Å². The van der Waals surface area contributed by atoms with Crippen LogP contribution in [0.4, 0.5) is 27.4 Å². The van der Waals surface area contributed by atoms with E-state index in [-0.39, 0.29) is 17.6 Å². The molecular weight excluding hydrogens is 589 g/mol. The molecule has 0 aliphatic carbocycles. The minimum Gasteiger partial charge on any atom is -0.495 e. The Balaban J connectivity index is 1.06. The summed E-state index contributed by atoms with van der Waals surface area (Å²) in [4.78, 5) is 29.2. The minimum atomic E-state index is -0.503. The third kappa shape index (κ3) is 5.86. The molecule has 0 saturated carbocycles. The number of aromatic nitrogens is 5. The molecule has 46 heavy (non-hydrogen) atoms. The number of piperidine rings is 1. The van der Waals surface area contributed by atoms with E-state index in [1.807, 2.05) is 24.4 Å². The number of anilines is 4. The van der Waals surface area contributed by atoms with Gasteiger partial charge in [0.05, 0.1) is 42.4 Å². The molecule has 2 aliphatic heterocycles. The lowest BCUT2D eigenvalue weighted by Crippen LogP contribution is -2.41. The number of methoxy groups -OCH3 is 1. The quantitative estimate of drug-likeness (QED) is 0.180. The number of ether oxygens (including phenoxy) is 2. The van der Waals surface area contributed by atoms with Gasteiger partial charge in [-0.25, -0.2) is 19.3 Å². The van der Waals surface area contributed by atoms with Crippen molar-refractivity contribution in [3.05, 3.63) is 90.9 Å². The number of hydrogen-bond acceptors (Lipinski definition) is 10. The number of nitrogens with zero attached hydrogens (tertiary/aromatic N) is 6. The molecule has 234 valence electrons. The predicted molar refractivity (Wildman–Crippen MR) is 172 cm³/mol. The van der Waals surface area contributed by atoms with Gasteiger partial charge in [0.2, 0.25) is 5.91 Å². The number of benzene rings is 2. The van der Waals surface area contributed by atoms with Gasteiger partial charge in [0, 0.05) is 61.0 Å². The fourth-order valence-corrected chi connectivity index (χ4v) is 5.84. The lowest BCUT2D eigenvalue weighted by Gasteiger charge is -2.32. The number of H-pyrrole nitrogens is 1. The zero-order chi connectivity index (χ0) is 31.6. The van der Waals surface area contributed by atoms with Crippen LogP contribution in [0.5, 0.6) is 17.2 Å². The Labute approximate surface area is 264 Å². The number of pyridine rings is 1. The van der Waals surface area contributed by atoms with Gasteiger partial charge >= 0.3 is 0 Å². The van der Waals surface area contributed by atoms with Crippen molar-refractivity contribution in [1.82, 2.24) is 30.0 Å². The molecule has 0 radical (unpaired) electrons. The van der Waals surface area contributed by atoms with Crippen LogP contribution in [0.2, 0.25) is 0 Å². The van der Waals surface area contributed by atoms with Crippen molar-refractivity contribution in [2.24, 2.45) is 0 Å². The van der Waals surface area contributed by atoms with Crippen molar-refractivity contribution < 1.29 is 18.7 Å². The first-order chi connectivity index (χ1) is 22.5. The van der Waals surface area contributed by atoms with E-state index in [0.717, 1.165) is 35.6 Å². The number of carbonyl (C=O) groups excluding carboxylic acids is 1. The number of likely N-dealkylation sites (tertiary alicyclic amines) is 1. The predicted octanol–water partition coefficient (Wildman–Crippen LogP) is 5.54. The highest BCUT2D eigenvalue weighted by molar-refractivity contribution is 5.95. The number of halogens is 1. The van der Waals surface area contributed by atoms with E-state index < -0.39 is 5.82 Å². The molecule has 7 rings (SSSR count). The second-order valence-corrected chi connectivity index (χ2v) is 11.2. The van der Waals surface area contributed by atoms with Gasteiger partial charge in [0.25, 0.3) is 0 Å². The molecule has 13 heteroatoms. The molecule has 2 aromatic carbocycles. The topological polar surface area (TPSA) is 133 Å². The van der Waals surface area contributed by atoms with E-state index in [1.165, 1.54) is 18.5 Å². The van der Waals surface area contributed by atoms with E-state index in [0.29, 0.717) is 60.1 Å². The van der Waals surface area contributed by atoms with Crippen LogP contribution in [0.25, 0.3) is 10.9 Å². The lowest BCUT2D eigenvalue weighted by atomic mass is 10.0. The second kappa shape index (κ2) is 12.3. The molecule has 5 heterocycles.